The molecule has 0 saturated heterocycles. The van der Waals surface area contributed by atoms with Gasteiger partial charge in [0.1, 0.15) is 0 Å². The van der Waals surface area contributed by atoms with Gasteiger partial charge in [0, 0.05) is 0 Å². The first kappa shape index (κ1) is 23.1. The van der Waals surface area contributed by atoms with E-state index in [9.17, 15) is 0 Å². The monoisotopic (exact) mass is 478 g/mol. The molecule has 170 valence electrons. The van der Waals surface area contributed by atoms with E-state index >= 15 is 0 Å². The third-order valence-electron chi connectivity index (χ3n) is 8.40. The van der Waals surface area contributed by atoms with Gasteiger partial charge in [-0.1, -0.05) is 0 Å². The number of benzene rings is 4. The van der Waals surface area contributed by atoms with E-state index in [0.29, 0.717) is 0 Å². The second-order valence-electron chi connectivity index (χ2n) is 10.2. The molecule has 0 nitrogen and oxygen atoms in total. The molecule has 0 saturated carbocycles. The van der Waals surface area contributed by atoms with Gasteiger partial charge in [-0.25, -0.2) is 0 Å². The average Bonchev–Trinajstić information content (AvgIpc) is 3.08. The molecule has 4 aromatic carbocycles. The zero-order valence-corrected chi connectivity index (χ0v) is 22.2. The van der Waals surface area contributed by atoms with Crippen molar-refractivity contribution < 1.29 is 16.6 Å². The van der Waals surface area contributed by atoms with Gasteiger partial charge in [0.2, 0.25) is 0 Å². The van der Waals surface area contributed by atoms with Gasteiger partial charge >= 0.3 is 209 Å². The fourth-order valence-corrected chi connectivity index (χ4v) is 16.2. The van der Waals surface area contributed by atoms with Crippen molar-refractivity contribution in [1.29, 1.82) is 0 Å². The molecule has 1 unspecified atom stereocenters. The van der Waals surface area contributed by atoms with Crippen LogP contribution in [0.2, 0.25) is 0 Å². The Balaban J connectivity index is 1.77. The van der Waals surface area contributed by atoms with Crippen LogP contribution < -0.4 is 0 Å². The molecule has 1 aliphatic carbocycles. The van der Waals surface area contributed by atoms with Crippen LogP contribution in [0.4, 0.5) is 0 Å². The fourth-order valence-electron chi connectivity index (χ4n) is 6.39. The Labute approximate surface area is 208 Å². The van der Waals surface area contributed by atoms with Crippen molar-refractivity contribution in [3.05, 3.63) is 149 Å². The molecule has 5 rings (SSSR count). The molecule has 0 amide bonds. The number of fused-ring (bicyclic) bond motifs is 1. The van der Waals surface area contributed by atoms with Crippen molar-refractivity contribution in [2.45, 2.75) is 38.7 Å². The van der Waals surface area contributed by atoms with Crippen molar-refractivity contribution in [3.63, 3.8) is 0 Å². The van der Waals surface area contributed by atoms with Crippen LogP contribution >= 0.6 is 0 Å². The van der Waals surface area contributed by atoms with Crippen molar-refractivity contribution in [2.24, 2.45) is 0 Å². The summed E-state index contributed by atoms with van der Waals surface area (Å²) in [7, 11) is 0. The Morgan fingerprint density at radius 1 is 0.529 bits per heavy atom. The SMILES string of the molecule is CC1=C(C)[C](C)([Ti]([CH2]c2ccccc2)([CH2]c2ccccc2)[CH2]c2ccccc2)c2ccccc21. The number of hydrogen-bond donors (Lipinski definition) is 0. The van der Waals surface area contributed by atoms with Crippen LogP contribution in [0.3, 0.4) is 0 Å². The van der Waals surface area contributed by atoms with E-state index in [1.165, 1.54) is 42.0 Å². The van der Waals surface area contributed by atoms with Gasteiger partial charge in [-0.15, -0.1) is 0 Å². The minimum absolute atomic E-state index is 0.0994. The third kappa shape index (κ3) is 4.04. The van der Waals surface area contributed by atoms with E-state index in [0.717, 1.165) is 0 Å². The van der Waals surface area contributed by atoms with Crippen molar-refractivity contribution >= 4 is 5.57 Å². The summed E-state index contributed by atoms with van der Waals surface area (Å²) in [6.07, 6.45) is 0. The number of hydrogen-bond acceptors (Lipinski definition) is 0. The maximum absolute atomic E-state index is 2.85. The van der Waals surface area contributed by atoms with Gasteiger partial charge in [0.25, 0.3) is 0 Å². The summed E-state index contributed by atoms with van der Waals surface area (Å²) in [4.78, 5) is 0. The Hall–Kier alpha value is -2.67. The summed E-state index contributed by atoms with van der Waals surface area (Å²) in [5, 5.41) is 0. The Kier molecular flexibility index (Phi) is 6.47. The van der Waals surface area contributed by atoms with Crippen LogP contribution in [0, 0.1) is 0 Å². The molecular weight excluding hydrogens is 444 g/mol. The van der Waals surface area contributed by atoms with Gasteiger partial charge in [0.05, 0.1) is 0 Å². The molecule has 0 heterocycles. The van der Waals surface area contributed by atoms with Crippen LogP contribution in [-0.4, -0.2) is 0 Å². The standard InChI is InChI=1S/C12H13.3C7H7.Ti/c1-8-9(2)11-6-4-5-7-12(11)10(8)3;3*1-7-5-3-2-4-6-7;/h4-7H,1-3H3;3*2-6H,1H2;. The molecule has 0 bridgehead atoms. The first-order valence-corrected chi connectivity index (χ1v) is 16.5. The van der Waals surface area contributed by atoms with E-state index in [2.05, 4.69) is 136 Å². The summed E-state index contributed by atoms with van der Waals surface area (Å²) in [6, 6.07) is 43.1. The zero-order chi connectivity index (χ0) is 23.6. The molecule has 4 aromatic rings. The van der Waals surface area contributed by atoms with E-state index in [1.807, 2.05) is 0 Å². The average molecular weight is 479 g/mol. The van der Waals surface area contributed by atoms with Crippen molar-refractivity contribution in [1.82, 2.24) is 0 Å². The van der Waals surface area contributed by atoms with Crippen molar-refractivity contribution in [2.75, 3.05) is 0 Å². The predicted molar refractivity (Wildman–Crippen MR) is 142 cm³/mol. The summed E-state index contributed by atoms with van der Waals surface area (Å²) >= 11 is -2.85. The predicted octanol–water partition coefficient (Wildman–Crippen LogP) is 8.46. The van der Waals surface area contributed by atoms with E-state index in [4.69, 9.17) is 0 Å². The van der Waals surface area contributed by atoms with Crippen LogP contribution in [0.15, 0.2) is 121 Å². The second kappa shape index (κ2) is 9.53. The van der Waals surface area contributed by atoms with Gasteiger partial charge in [-0.05, 0) is 0 Å². The Morgan fingerprint density at radius 3 is 1.35 bits per heavy atom. The molecule has 34 heavy (non-hydrogen) atoms. The first-order chi connectivity index (χ1) is 16.5. The van der Waals surface area contributed by atoms with Gasteiger partial charge < -0.3 is 0 Å². The summed E-state index contributed by atoms with van der Waals surface area (Å²) in [5.41, 5.74) is 10.6. The van der Waals surface area contributed by atoms with Gasteiger partial charge in [-0.2, -0.15) is 0 Å². The molecule has 0 radical (unpaired) electrons. The van der Waals surface area contributed by atoms with Crippen LogP contribution in [0.25, 0.3) is 5.57 Å². The van der Waals surface area contributed by atoms with Crippen molar-refractivity contribution in [3.8, 4) is 0 Å². The molecule has 1 heteroatoms. The second-order valence-corrected chi connectivity index (χ2v) is 17.4. The summed E-state index contributed by atoms with van der Waals surface area (Å²) in [6.45, 7) is 7.38. The number of rotatable bonds is 7. The van der Waals surface area contributed by atoms with Gasteiger partial charge in [-0.3, -0.25) is 0 Å². The van der Waals surface area contributed by atoms with Crippen LogP contribution in [-0.2, 0) is 34.5 Å². The topological polar surface area (TPSA) is 0 Å². The first-order valence-electron chi connectivity index (χ1n) is 12.4. The maximum atomic E-state index is 2.60. The van der Waals surface area contributed by atoms with E-state index in [1.54, 1.807) is 11.1 Å². The molecule has 0 aromatic heterocycles. The van der Waals surface area contributed by atoms with E-state index in [-0.39, 0.29) is 3.72 Å². The summed E-state index contributed by atoms with van der Waals surface area (Å²) in [5.74, 6) is 0. The van der Waals surface area contributed by atoms with Gasteiger partial charge in [0.15, 0.2) is 0 Å². The zero-order valence-electron chi connectivity index (χ0n) is 20.6. The fraction of sp³-hybridized carbons (Fsp3) is 0.212. The van der Waals surface area contributed by atoms with Crippen LogP contribution in [0.5, 0.6) is 0 Å². The van der Waals surface area contributed by atoms with E-state index < -0.39 is 16.6 Å². The molecule has 1 aliphatic rings. The van der Waals surface area contributed by atoms with Crippen LogP contribution in [0.1, 0.15) is 48.6 Å². The molecular formula is C33H34Ti. The minimum atomic E-state index is -2.85. The molecule has 0 spiro atoms. The quantitative estimate of drug-likeness (QED) is 0.234. The molecule has 0 aliphatic heterocycles. The molecule has 1 atom stereocenters. The normalized spacial score (nSPS) is 17.6. The molecule has 0 N–H and O–H groups in total. The summed E-state index contributed by atoms with van der Waals surface area (Å²) < 4.78 is 3.72. The Bertz CT molecular complexity index is 1190. The third-order valence-corrected chi connectivity index (χ3v) is 17.8. The number of allylic oxidation sites excluding steroid dienone is 2. The molecule has 0 fully saturated rings. The Morgan fingerprint density at radius 2 is 0.912 bits per heavy atom.